The van der Waals surface area contributed by atoms with E-state index in [9.17, 15) is 34.8 Å². The zero-order valence-electron chi connectivity index (χ0n) is 11.4. The largest absolute Gasteiger partial charge is 0.344 e. The third-order valence-corrected chi connectivity index (χ3v) is 4.70. The molecular weight excluding hydrogens is 364 g/mol. The van der Waals surface area contributed by atoms with Gasteiger partial charge < -0.3 is 0 Å². The highest BCUT2D eigenvalue weighted by Gasteiger charge is 2.42. The van der Waals surface area contributed by atoms with E-state index >= 15 is 0 Å². The number of hydrogen-bond acceptors (Lipinski definition) is 4. The van der Waals surface area contributed by atoms with Crippen LogP contribution in [0.2, 0.25) is 0 Å². The molecule has 0 saturated heterocycles. The van der Waals surface area contributed by atoms with Crippen LogP contribution < -0.4 is 0 Å². The summed E-state index contributed by atoms with van der Waals surface area (Å²) in [6, 6.07) is -0.433. The molecule has 0 fully saturated rings. The fourth-order valence-corrected chi connectivity index (χ4v) is 3.03. The summed E-state index contributed by atoms with van der Waals surface area (Å²) in [5, 5.41) is 1.88. The maximum absolute atomic E-state index is 14.0. The molecule has 0 radical (unpaired) electrons. The van der Waals surface area contributed by atoms with E-state index in [2.05, 4.69) is 10.1 Å². The van der Waals surface area contributed by atoms with Gasteiger partial charge in [-0.05, 0) is 12.1 Å². The highest BCUT2D eigenvalue weighted by Crippen LogP contribution is 2.41. The Bertz CT molecular complexity index is 914. The van der Waals surface area contributed by atoms with Crippen molar-refractivity contribution < 1.29 is 34.8 Å². The van der Waals surface area contributed by atoms with E-state index in [1.54, 1.807) is 0 Å². The molecule has 3 rings (SSSR count). The zero-order chi connectivity index (χ0) is 17.8. The summed E-state index contributed by atoms with van der Waals surface area (Å²) >= 11 is 0. The number of sulfone groups is 1. The van der Waals surface area contributed by atoms with Gasteiger partial charge in [-0.1, -0.05) is 0 Å². The fraction of sp³-hybridized carbons (Fsp3) is 0.333. The lowest BCUT2D eigenvalue weighted by Gasteiger charge is -2.14. The topological polar surface area (TPSA) is 64.8 Å². The van der Waals surface area contributed by atoms with E-state index in [0.717, 1.165) is 0 Å². The molecule has 0 saturated carbocycles. The van der Waals surface area contributed by atoms with Crippen molar-refractivity contribution in [2.24, 2.45) is 0 Å². The minimum absolute atomic E-state index is 0.487. The molecule has 130 valence electrons. The van der Waals surface area contributed by atoms with Gasteiger partial charge in [-0.15, -0.1) is 5.10 Å². The van der Waals surface area contributed by atoms with Crippen molar-refractivity contribution in [3.63, 3.8) is 0 Å². The van der Waals surface area contributed by atoms with Crippen molar-refractivity contribution in [3.05, 3.63) is 41.0 Å². The number of alkyl halides is 3. The number of rotatable bonds is 3. The number of halogens is 6. The molecule has 0 aliphatic carbocycles. The Morgan fingerprint density at radius 1 is 1.17 bits per heavy atom. The third kappa shape index (κ3) is 2.36. The van der Waals surface area contributed by atoms with Crippen LogP contribution in [0.1, 0.15) is 30.0 Å². The summed E-state index contributed by atoms with van der Waals surface area (Å²) < 4.78 is 103. The molecule has 2 aromatic rings. The van der Waals surface area contributed by atoms with Gasteiger partial charge >= 0.3 is 5.76 Å². The predicted molar refractivity (Wildman–Crippen MR) is 66.1 cm³/mol. The first-order chi connectivity index (χ1) is 11.1. The highest BCUT2D eigenvalue weighted by atomic mass is 32.2. The third-order valence-electron chi connectivity index (χ3n) is 3.55. The minimum Gasteiger partial charge on any atom is -0.239 e. The van der Waals surface area contributed by atoms with Crippen LogP contribution in [0.5, 0.6) is 0 Å². The highest BCUT2D eigenvalue weighted by molar-refractivity contribution is 7.91. The average Bonchev–Trinajstić information content (AvgIpc) is 3.06. The van der Waals surface area contributed by atoms with Crippen molar-refractivity contribution in [2.45, 2.75) is 29.5 Å². The molecular formula is C12H7F6N3O2S. The van der Waals surface area contributed by atoms with E-state index in [0.29, 0.717) is 16.8 Å². The Kier molecular flexibility index (Phi) is 3.81. The van der Waals surface area contributed by atoms with Crippen LogP contribution in [0.3, 0.4) is 0 Å². The first-order valence-electron chi connectivity index (χ1n) is 6.40. The van der Waals surface area contributed by atoms with Crippen LogP contribution in [0.25, 0.3) is 0 Å². The van der Waals surface area contributed by atoms with Crippen molar-refractivity contribution in [1.82, 2.24) is 14.8 Å². The molecule has 24 heavy (non-hydrogen) atoms. The summed E-state index contributed by atoms with van der Waals surface area (Å²) in [6.07, 6.45) is -2.60. The summed E-state index contributed by atoms with van der Waals surface area (Å²) in [6.45, 7) is 0. The summed E-state index contributed by atoms with van der Waals surface area (Å²) in [5.74, 6) is -8.75. The molecule has 1 aliphatic heterocycles. The van der Waals surface area contributed by atoms with Crippen molar-refractivity contribution in [3.8, 4) is 0 Å². The number of aromatic nitrogens is 3. The molecule has 0 amide bonds. The molecule has 2 heterocycles. The Morgan fingerprint density at radius 2 is 1.79 bits per heavy atom. The quantitative estimate of drug-likeness (QED) is 0.615. The molecule has 12 heteroatoms. The van der Waals surface area contributed by atoms with Gasteiger partial charge in [0.15, 0.2) is 23.6 Å². The van der Waals surface area contributed by atoms with Gasteiger partial charge in [-0.25, -0.2) is 30.7 Å². The standard InChI is InChI=1S/C12H7F6N3O2S/c13-4-1-2-5(14)9(16)8(4)7-3-6(15)10-19-12(20-21(7)10)24(22,23)11(17)18/h1-2,6-7,11H,3H2/t6-,7-/m0/s1. The molecule has 1 aromatic carbocycles. The van der Waals surface area contributed by atoms with Gasteiger partial charge in [0.25, 0.3) is 15.0 Å². The molecule has 1 aliphatic rings. The van der Waals surface area contributed by atoms with Crippen LogP contribution in [-0.2, 0) is 9.84 Å². The first-order valence-corrected chi connectivity index (χ1v) is 7.95. The number of hydrogen-bond donors (Lipinski definition) is 0. The average molecular weight is 371 g/mol. The second kappa shape index (κ2) is 5.46. The Hall–Kier alpha value is -2.11. The van der Waals surface area contributed by atoms with Crippen LogP contribution >= 0.6 is 0 Å². The summed E-state index contributed by atoms with van der Waals surface area (Å²) in [5.41, 5.74) is -0.887. The van der Waals surface area contributed by atoms with Crippen molar-refractivity contribution in [2.75, 3.05) is 0 Å². The summed E-state index contributed by atoms with van der Waals surface area (Å²) in [7, 11) is -5.22. The maximum Gasteiger partial charge on any atom is 0.344 e. The summed E-state index contributed by atoms with van der Waals surface area (Å²) in [4.78, 5) is 3.19. The van der Waals surface area contributed by atoms with Crippen molar-refractivity contribution >= 4 is 9.84 Å². The smallest absolute Gasteiger partial charge is 0.239 e. The second-order valence-corrected chi connectivity index (χ2v) is 6.79. The van der Waals surface area contributed by atoms with Crippen LogP contribution in [-0.4, -0.2) is 28.9 Å². The first kappa shape index (κ1) is 16.7. The van der Waals surface area contributed by atoms with E-state index in [1.165, 1.54) is 0 Å². The molecule has 2 atom stereocenters. The molecule has 5 nitrogen and oxygen atoms in total. The van der Waals surface area contributed by atoms with Gasteiger partial charge in [0.05, 0.1) is 11.6 Å². The van der Waals surface area contributed by atoms with Crippen LogP contribution in [0.15, 0.2) is 17.3 Å². The fourth-order valence-electron chi connectivity index (χ4n) is 2.45. The second-order valence-electron chi connectivity index (χ2n) is 4.98. The Morgan fingerprint density at radius 3 is 2.42 bits per heavy atom. The van der Waals surface area contributed by atoms with Gasteiger partial charge in [0.1, 0.15) is 5.82 Å². The Balaban J connectivity index is 2.16. The lowest BCUT2D eigenvalue weighted by atomic mass is 10.0. The normalized spacial score (nSPS) is 20.6. The van der Waals surface area contributed by atoms with Crippen LogP contribution in [0.4, 0.5) is 26.3 Å². The van der Waals surface area contributed by atoms with E-state index in [-0.39, 0.29) is 0 Å². The molecule has 0 N–H and O–H groups in total. The molecule has 1 aromatic heterocycles. The monoisotopic (exact) mass is 371 g/mol. The maximum atomic E-state index is 14.0. The number of benzene rings is 1. The van der Waals surface area contributed by atoms with Gasteiger partial charge in [0, 0.05) is 6.42 Å². The van der Waals surface area contributed by atoms with Gasteiger partial charge in [-0.2, -0.15) is 13.8 Å². The van der Waals surface area contributed by atoms with Gasteiger partial charge in [-0.3, -0.25) is 0 Å². The predicted octanol–water partition coefficient (Wildman–Crippen LogP) is 2.70. The molecule has 0 bridgehead atoms. The molecule has 0 spiro atoms. The Labute approximate surface area is 130 Å². The lowest BCUT2D eigenvalue weighted by Crippen LogP contribution is -2.16. The zero-order valence-corrected chi connectivity index (χ0v) is 12.2. The van der Waals surface area contributed by atoms with Gasteiger partial charge in [0.2, 0.25) is 0 Å². The molecule has 0 unspecified atom stereocenters. The van der Waals surface area contributed by atoms with E-state index in [4.69, 9.17) is 0 Å². The number of nitrogens with zero attached hydrogens (tertiary/aromatic N) is 3. The van der Waals surface area contributed by atoms with E-state index < -0.39 is 68.2 Å². The number of fused-ring (bicyclic) bond motifs is 1. The van der Waals surface area contributed by atoms with Crippen molar-refractivity contribution in [1.29, 1.82) is 0 Å². The van der Waals surface area contributed by atoms with Crippen LogP contribution in [0, 0.1) is 17.5 Å². The SMILES string of the molecule is O=S(=O)(c1nc2n(n1)[C@H](c1c(F)ccc(F)c1F)C[C@@H]2F)C(F)F. The lowest BCUT2D eigenvalue weighted by molar-refractivity contribution is 0.233. The minimum atomic E-state index is -5.22. The van der Waals surface area contributed by atoms with E-state index in [1.807, 2.05) is 0 Å².